The molecule has 30 heavy (non-hydrogen) atoms. The van der Waals surface area contributed by atoms with E-state index in [2.05, 4.69) is 47.6 Å². The predicted octanol–water partition coefficient (Wildman–Crippen LogP) is 4.37. The van der Waals surface area contributed by atoms with E-state index in [-0.39, 0.29) is 11.9 Å². The van der Waals surface area contributed by atoms with E-state index in [1.54, 1.807) is 11.8 Å². The second-order valence-electron chi connectivity index (χ2n) is 8.02. The Morgan fingerprint density at radius 2 is 1.87 bits per heavy atom. The molecule has 2 aromatic rings. The lowest BCUT2D eigenvalue weighted by molar-refractivity contribution is -0.133. The van der Waals surface area contributed by atoms with Crippen molar-refractivity contribution in [2.75, 3.05) is 39.6 Å². The molecule has 0 spiro atoms. The summed E-state index contributed by atoms with van der Waals surface area (Å²) in [5.74, 6) is 1.79. The number of carbonyl (C=O) groups is 1. The van der Waals surface area contributed by atoms with Crippen LogP contribution in [0.4, 0.5) is 0 Å². The first-order valence-corrected chi connectivity index (χ1v) is 11.9. The van der Waals surface area contributed by atoms with Gasteiger partial charge in [0, 0.05) is 24.4 Å². The Morgan fingerprint density at radius 1 is 1.10 bits per heavy atom. The highest BCUT2D eigenvalue weighted by atomic mass is 32.2. The summed E-state index contributed by atoms with van der Waals surface area (Å²) in [4.78, 5) is 18.5. The Kier molecular flexibility index (Phi) is 6.85. The molecule has 2 aromatic carbocycles. The summed E-state index contributed by atoms with van der Waals surface area (Å²) in [6.07, 6.45) is 5.00. The molecule has 0 aromatic heterocycles. The largest absolute Gasteiger partial charge is 0.490 e. The number of nitrogens with zero attached hydrogens (tertiary/aromatic N) is 2. The van der Waals surface area contributed by atoms with Gasteiger partial charge in [-0.25, -0.2) is 0 Å². The highest BCUT2D eigenvalue weighted by Gasteiger charge is 2.31. The van der Waals surface area contributed by atoms with Crippen molar-refractivity contribution in [3.8, 4) is 11.5 Å². The number of likely N-dealkylation sites (N-methyl/N-ethyl adjacent to an activating group) is 1. The molecular weight excluding hydrogens is 396 g/mol. The molecule has 1 atom stereocenters. The first-order chi connectivity index (χ1) is 14.6. The lowest BCUT2D eigenvalue weighted by Crippen LogP contribution is -2.38. The smallest absolute Gasteiger partial charge is 0.237 e. The zero-order valence-electron chi connectivity index (χ0n) is 17.8. The molecule has 2 aliphatic rings. The molecule has 160 valence electrons. The van der Waals surface area contributed by atoms with Crippen molar-refractivity contribution >= 4 is 17.7 Å². The van der Waals surface area contributed by atoms with Gasteiger partial charge >= 0.3 is 0 Å². The predicted molar refractivity (Wildman–Crippen MR) is 120 cm³/mol. The van der Waals surface area contributed by atoms with Gasteiger partial charge in [-0.05, 0) is 61.5 Å². The second kappa shape index (κ2) is 9.75. The van der Waals surface area contributed by atoms with Crippen molar-refractivity contribution in [3.05, 3.63) is 53.6 Å². The van der Waals surface area contributed by atoms with E-state index in [1.807, 2.05) is 18.0 Å². The summed E-state index contributed by atoms with van der Waals surface area (Å²) >= 11 is 1.74. The van der Waals surface area contributed by atoms with Crippen LogP contribution < -0.4 is 9.47 Å². The fourth-order valence-corrected chi connectivity index (χ4v) is 4.63. The quantitative estimate of drug-likeness (QED) is 0.642. The van der Waals surface area contributed by atoms with E-state index >= 15 is 0 Å². The number of amides is 1. The lowest BCUT2D eigenvalue weighted by atomic mass is 10.0. The van der Waals surface area contributed by atoms with Crippen molar-refractivity contribution in [2.45, 2.75) is 36.7 Å². The number of rotatable bonds is 6. The van der Waals surface area contributed by atoms with Crippen LogP contribution in [0.2, 0.25) is 0 Å². The van der Waals surface area contributed by atoms with Crippen LogP contribution in [0, 0.1) is 0 Å². The minimum Gasteiger partial charge on any atom is -0.490 e. The maximum atomic E-state index is 13.1. The SMILES string of the molecule is CSc1ccc(CN(C)CC(=O)N2CCC[C@@H]2c2ccc3c(c2)OCCCO3)cc1. The highest BCUT2D eigenvalue weighted by Crippen LogP contribution is 2.38. The fourth-order valence-electron chi connectivity index (χ4n) is 4.22. The average Bonchev–Trinajstić information content (AvgIpc) is 3.13. The van der Waals surface area contributed by atoms with Crippen molar-refractivity contribution in [3.63, 3.8) is 0 Å². The number of fused-ring (bicyclic) bond motifs is 1. The van der Waals surface area contributed by atoms with E-state index in [0.29, 0.717) is 19.8 Å². The van der Waals surface area contributed by atoms with Gasteiger partial charge in [0.1, 0.15) is 0 Å². The molecule has 5 nitrogen and oxygen atoms in total. The van der Waals surface area contributed by atoms with Crippen molar-refractivity contribution in [1.82, 2.24) is 9.80 Å². The Morgan fingerprint density at radius 3 is 2.63 bits per heavy atom. The monoisotopic (exact) mass is 426 g/mol. The molecule has 0 saturated carbocycles. The fraction of sp³-hybridized carbons (Fsp3) is 0.458. The minimum atomic E-state index is 0.115. The molecular formula is C24H30N2O3S. The van der Waals surface area contributed by atoms with Gasteiger partial charge in [-0.1, -0.05) is 18.2 Å². The first-order valence-electron chi connectivity index (χ1n) is 10.6. The maximum absolute atomic E-state index is 13.1. The van der Waals surface area contributed by atoms with Gasteiger partial charge < -0.3 is 14.4 Å². The summed E-state index contributed by atoms with van der Waals surface area (Å²) < 4.78 is 11.6. The standard InChI is InChI=1S/C24H30N2O3S/c1-25(16-18-6-9-20(30-2)10-7-18)17-24(27)26-12-3-5-21(26)19-8-11-22-23(15-19)29-14-4-13-28-22/h6-11,15,21H,3-5,12-14,16-17H2,1-2H3/t21-/m1/s1. The van der Waals surface area contributed by atoms with Gasteiger partial charge in [-0.2, -0.15) is 0 Å². The van der Waals surface area contributed by atoms with Crippen LogP contribution in [0.15, 0.2) is 47.4 Å². The van der Waals surface area contributed by atoms with Gasteiger partial charge in [-0.15, -0.1) is 11.8 Å². The first kappa shape index (κ1) is 21.1. The average molecular weight is 427 g/mol. The zero-order chi connectivity index (χ0) is 20.9. The van der Waals surface area contributed by atoms with E-state index in [4.69, 9.17) is 9.47 Å². The number of ether oxygens (including phenoxy) is 2. The number of hydrogen-bond acceptors (Lipinski definition) is 5. The Bertz CT molecular complexity index is 871. The van der Waals surface area contributed by atoms with Crippen molar-refractivity contribution < 1.29 is 14.3 Å². The van der Waals surface area contributed by atoms with E-state index < -0.39 is 0 Å². The van der Waals surface area contributed by atoms with Gasteiger partial charge in [-0.3, -0.25) is 9.69 Å². The summed E-state index contributed by atoms with van der Waals surface area (Å²) in [5.41, 5.74) is 2.37. The topological polar surface area (TPSA) is 42.0 Å². The molecule has 0 radical (unpaired) electrons. The van der Waals surface area contributed by atoms with Crippen LogP contribution in [0.5, 0.6) is 11.5 Å². The number of hydrogen-bond donors (Lipinski definition) is 0. The molecule has 1 saturated heterocycles. The maximum Gasteiger partial charge on any atom is 0.237 e. The molecule has 0 aliphatic carbocycles. The molecule has 0 N–H and O–H groups in total. The molecule has 1 fully saturated rings. The summed E-state index contributed by atoms with van der Waals surface area (Å²) in [6.45, 7) is 3.36. The Hall–Kier alpha value is -2.18. The van der Waals surface area contributed by atoms with Crippen LogP contribution in [-0.4, -0.2) is 55.3 Å². The minimum absolute atomic E-state index is 0.115. The van der Waals surface area contributed by atoms with Crippen LogP contribution in [-0.2, 0) is 11.3 Å². The van der Waals surface area contributed by atoms with Crippen LogP contribution >= 0.6 is 11.8 Å². The third-order valence-electron chi connectivity index (χ3n) is 5.75. The third-order valence-corrected chi connectivity index (χ3v) is 6.49. The molecule has 6 heteroatoms. The molecule has 2 aliphatic heterocycles. The Balaban J connectivity index is 1.40. The lowest BCUT2D eigenvalue weighted by Gasteiger charge is -2.28. The third kappa shape index (κ3) is 4.93. The van der Waals surface area contributed by atoms with E-state index in [1.165, 1.54) is 10.5 Å². The molecule has 0 bridgehead atoms. The van der Waals surface area contributed by atoms with Crippen LogP contribution in [0.3, 0.4) is 0 Å². The summed E-state index contributed by atoms with van der Waals surface area (Å²) in [6, 6.07) is 14.8. The number of carbonyl (C=O) groups excluding carboxylic acids is 1. The van der Waals surface area contributed by atoms with Gasteiger partial charge in [0.15, 0.2) is 11.5 Å². The zero-order valence-corrected chi connectivity index (χ0v) is 18.6. The van der Waals surface area contributed by atoms with E-state index in [0.717, 1.165) is 49.4 Å². The number of thioether (sulfide) groups is 1. The molecule has 1 amide bonds. The molecule has 0 unspecified atom stereocenters. The summed E-state index contributed by atoms with van der Waals surface area (Å²) in [7, 11) is 2.01. The molecule has 2 heterocycles. The second-order valence-corrected chi connectivity index (χ2v) is 8.90. The van der Waals surface area contributed by atoms with E-state index in [9.17, 15) is 4.79 Å². The number of benzene rings is 2. The normalized spacial score (nSPS) is 18.5. The van der Waals surface area contributed by atoms with Crippen molar-refractivity contribution in [2.24, 2.45) is 0 Å². The van der Waals surface area contributed by atoms with Gasteiger partial charge in [0.2, 0.25) is 5.91 Å². The van der Waals surface area contributed by atoms with Gasteiger partial charge in [0.25, 0.3) is 0 Å². The highest BCUT2D eigenvalue weighted by molar-refractivity contribution is 7.98. The van der Waals surface area contributed by atoms with Gasteiger partial charge in [0.05, 0.1) is 25.8 Å². The Labute approximate surface area is 183 Å². The number of likely N-dealkylation sites (tertiary alicyclic amines) is 1. The summed E-state index contributed by atoms with van der Waals surface area (Å²) in [5, 5.41) is 0. The van der Waals surface area contributed by atoms with Crippen LogP contribution in [0.25, 0.3) is 0 Å². The van der Waals surface area contributed by atoms with Crippen LogP contribution in [0.1, 0.15) is 36.4 Å². The molecule has 4 rings (SSSR count). The van der Waals surface area contributed by atoms with Crippen molar-refractivity contribution in [1.29, 1.82) is 0 Å².